The molecule has 0 radical (unpaired) electrons. The highest BCUT2D eigenvalue weighted by molar-refractivity contribution is 5.76. The zero-order valence-corrected chi connectivity index (χ0v) is 12.0. The first-order valence-corrected chi connectivity index (χ1v) is 7.29. The lowest BCUT2D eigenvalue weighted by atomic mass is 9.92. The van der Waals surface area contributed by atoms with E-state index in [-0.39, 0.29) is 18.1 Å². The van der Waals surface area contributed by atoms with Gasteiger partial charge in [-0.15, -0.1) is 0 Å². The highest BCUT2D eigenvalue weighted by atomic mass is 16.5. The number of aliphatic hydroxyl groups is 1. The molecule has 110 valence electrons. The van der Waals surface area contributed by atoms with Gasteiger partial charge in [0.15, 0.2) is 0 Å². The molecule has 1 aromatic rings. The largest absolute Gasteiger partial charge is 0.497 e. The van der Waals surface area contributed by atoms with Gasteiger partial charge in [-0.1, -0.05) is 25.0 Å². The van der Waals surface area contributed by atoms with Crippen molar-refractivity contribution < 1.29 is 14.6 Å². The van der Waals surface area contributed by atoms with Crippen LogP contribution in [0.1, 0.15) is 37.7 Å². The van der Waals surface area contributed by atoms with E-state index in [4.69, 9.17) is 4.74 Å². The summed E-state index contributed by atoms with van der Waals surface area (Å²) in [5, 5.41) is 12.8. The van der Waals surface area contributed by atoms with Crippen LogP contribution in [0.5, 0.6) is 5.75 Å². The minimum absolute atomic E-state index is 0.0127. The summed E-state index contributed by atoms with van der Waals surface area (Å²) in [7, 11) is 1.64. The molecular weight excluding hydrogens is 254 g/mol. The Morgan fingerprint density at radius 1 is 1.40 bits per heavy atom. The van der Waals surface area contributed by atoms with Gasteiger partial charge in [0, 0.05) is 6.42 Å². The lowest BCUT2D eigenvalue weighted by molar-refractivity contribution is -0.123. The van der Waals surface area contributed by atoms with E-state index in [1.807, 2.05) is 24.3 Å². The van der Waals surface area contributed by atoms with Gasteiger partial charge in [0.1, 0.15) is 5.75 Å². The number of ether oxygens (including phenoxy) is 1. The average molecular weight is 277 g/mol. The molecule has 20 heavy (non-hydrogen) atoms. The molecule has 1 saturated carbocycles. The molecule has 2 atom stereocenters. The van der Waals surface area contributed by atoms with Crippen molar-refractivity contribution in [3.05, 3.63) is 29.8 Å². The molecular formula is C16H23NO3. The maximum Gasteiger partial charge on any atom is 0.220 e. The van der Waals surface area contributed by atoms with Crippen LogP contribution in [0.4, 0.5) is 0 Å². The Hall–Kier alpha value is -1.55. The SMILES string of the molecule is COc1cccc(CCC(=O)NC2CCCCC2O)c1. The first-order chi connectivity index (χ1) is 9.69. The normalized spacial score (nSPS) is 22.3. The second-order valence-electron chi connectivity index (χ2n) is 5.38. The second kappa shape index (κ2) is 7.29. The fourth-order valence-corrected chi connectivity index (χ4v) is 2.64. The average Bonchev–Trinajstić information content (AvgIpc) is 2.48. The third-order valence-electron chi connectivity index (χ3n) is 3.85. The number of hydrogen-bond acceptors (Lipinski definition) is 3. The van der Waals surface area contributed by atoms with Crippen molar-refractivity contribution in [2.75, 3.05) is 7.11 Å². The highest BCUT2D eigenvalue weighted by Gasteiger charge is 2.24. The van der Waals surface area contributed by atoms with E-state index in [1.54, 1.807) is 7.11 Å². The minimum atomic E-state index is -0.385. The molecule has 1 amide bonds. The van der Waals surface area contributed by atoms with Crippen molar-refractivity contribution in [2.24, 2.45) is 0 Å². The predicted molar refractivity (Wildman–Crippen MR) is 77.7 cm³/mol. The molecule has 0 aromatic heterocycles. The van der Waals surface area contributed by atoms with E-state index in [0.717, 1.165) is 37.0 Å². The van der Waals surface area contributed by atoms with Crippen LogP contribution in [-0.2, 0) is 11.2 Å². The van der Waals surface area contributed by atoms with Crippen molar-refractivity contribution in [3.63, 3.8) is 0 Å². The van der Waals surface area contributed by atoms with Gasteiger partial charge in [0.05, 0.1) is 19.3 Å². The Morgan fingerprint density at radius 2 is 2.20 bits per heavy atom. The Bertz CT molecular complexity index is 447. The van der Waals surface area contributed by atoms with Crippen molar-refractivity contribution in [3.8, 4) is 5.75 Å². The van der Waals surface area contributed by atoms with Gasteiger partial charge in [-0.2, -0.15) is 0 Å². The Labute approximate surface area is 120 Å². The van der Waals surface area contributed by atoms with E-state index in [2.05, 4.69) is 5.32 Å². The fraction of sp³-hybridized carbons (Fsp3) is 0.562. The van der Waals surface area contributed by atoms with Crippen LogP contribution < -0.4 is 10.1 Å². The Morgan fingerprint density at radius 3 is 2.95 bits per heavy atom. The number of carbonyl (C=O) groups excluding carboxylic acids is 1. The zero-order chi connectivity index (χ0) is 14.4. The molecule has 0 spiro atoms. The first-order valence-electron chi connectivity index (χ1n) is 7.29. The number of benzene rings is 1. The van der Waals surface area contributed by atoms with Gasteiger partial charge in [-0.05, 0) is 37.0 Å². The van der Waals surface area contributed by atoms with Gasteiger partial charge >= 0.3 is 0 Å². The van der Waals surface area contributed by atoms with Crippen LogP contribution in [0.15, 0.2) is 24.3 Å². The minimum Gasteiger partial charge on any atom is -0.497 e. The number of amides is 1. The second-order valence-corrected chi connectivity index (χ2v) is 5.38. The number of aryl methyl sites for hydroxylation is 1. The van der Waals surface area contributed by atoms with Gasteiger partial charge < -0.3 is 15.2 Å². The number of methoxy groups -OCH3 is 1. The molecule has 2 N–H and O–H groups in total. The summed E-state index contributed by atoms with van der Waals surface area (Å²) in [6.45, 7) is 0. The van der Waals surface area contributed by atoms with E-state index in [1.165, 1.54) is 0 Å². The van der Waals surface area contributed by atoms with Crippen LogP contribution in [0.25, 0.3) is 0 Å². The van der Waals surface area contributed by atoms with Crippen LogP contribution in [0.2, 0.25) is 0 Å². The van der Waals surface area contributed by atoms with Crippen LogP contribution >= 0.6 is 0 Å². The van der Waals surface area contributed by atoms with E-state index < -0.39 is 0 Å². The number of hydrogen-bond donors (Lipinski definition) is 2. The van der Waals surface area contributed by atoms with Gasteiger partial charge in [0.2, 0.25) is 5.91 Å². The highest BCUT2D eigenvalue weighted by Crippen LogP contribution is 2.19. The molecule has 2 unspecified atom stereocenters. The maximum atomic E-state index is 11.9. The summed E-state index contributed by atoms with van der Waals surface area (Å²) < 4.78 is 5.16. The van der Waals surface area contributed by atoms with Crippen molar-refractivity contribution in [2.45, 2.75) is 50.7 Å². The van der Waals surface area contributed by atoms with E-state index >= 15 is 0 Å². The monoisotopic (exact) mass is 277 g/mol. The topological polar surface area (TPSA) is 58.6 Å². The molecule has 4 nitrogen and oxygen atoms in total. The quantitative estimate of drug-likeness (QED) is 0.866. The van der Waals surface area contributed by atoms with E-state index in [9.17, 15) is 9.90 Å². The van der Waals surface area contributed by atoms with Crippen LogP contribution in [0.3, 0.4) is 0 Å². The van der Waals surface area contributed by atoms with Gasteiger partial charge in [0.25, 0.3) is 0 Å². The summed E-state index contributed by atoms with van der Waals surface area (Å²) in [5.74, 6) is 0.824. The predicted octanol–water partition coefficient (Wildman–Crippen LogP) is 2.05. The third-order valence-corrected chi connectivity index (χ3v) is 3.85. The van der Waals surface area contributed by atoms with Crippen molar-refractivity contribution >= 4 is 5.91 Å². The van der Waals surface area contributed by atoms with Gasteiger partial charge in [-0.25, -0.2) is 0 Å². The smallest absolute Gasteiger partial charge is 0.220 e. The molecule has 0 bridgehead atoms. The molecule has 1 fully saturated rings. The van der Waals surface area contributed by atoms with E-state index in [0.29, 0.717) is 12.8 Å². The van der Waals surface area contributed by atoms with Gasteiger partial charge in [-0.3, -0.25) is 4.79 Å². The number of nitrogens with one attached hydrogen (secondary N) is 1. The Balaban J connectivity index is 1.79. The standard InChI is InChI=1S/C16H23NO3/c1-20-13-6-4-5-12(11-13)9-10-16(19)17-14-7-2-3-8-15(14)18/h4-6,11,14-15,18H,2-3,7-10H2,1H3,(H,17,19). The van der Waals surface area contributed by atoms with Crippen molar-refractivity contribution in [1.82, 2.24) is 5.32 Å². The van der Waals surface area contributed by atoms with Crippen molar-refractivity contribution in [1.29, 1.82) is 0 Å². The molecule has 4 heteroatoms. The lowest BCUT2D eigenvalue weighted by Gasteiger charge is -2.28. The summed E-state index contributed by atoms with van der Waals surface area (Å²) >= 11 is 0. The van der Waals surface area contributed by atoms with Crippen LogP contribution in [0, 0.1) is 0 Å². The molecule has 0 aliphatic heterocycles. The zero-order valence-electron chi connectivity index (χ0n) is 12.0. The third kappa shape index (κ3) is 4.23. The Kier molecular flexibility index (Phi) is 5.41. The summed E-state index contributed by atoms with van der Waals surface area (Å²) in [5.41, 5.74) is 1.09. The number of carbonyl (C=O) groups is 1. The molecule has 0 heterocycles. The number of rotatable bonds is 5. The molecule has 1 aliphatic carbocycles. The summed E-state index contributed by atoms with van der Waals surface area (Å²) in [4.78, 5) is 11.9. The summed E-state index contributed by atoms with van der Waals surface area (Å²) in [6, 6.07) is 7.69. The lowest BCUT2D eigenvalue weighted by Crippen LogP contribution is -2.45. The maximum absolute atomic E-state index is 11.9. The molecule has 1 aliphatic rings. The molecule has 0 saturated heterocycles. The number of aliphatic hydroxyl groups excluding tert-OH is 1. The summed E-state index contributed by atoms with van der Waals surface area (Å²) in [6.07, 6.45) is 4.55. The molecule has 1 aromatic carbocycles. The fourth-order valence-electron chi connectivity index (χ4n) is 2.64. The molecule has 2 rings (SSSR count). The van der Waals surface area contributed by atoms with Crippen LogP contribution in [-0.4, -0.2) is 30.3 Å². The first kappa shape index (κ1) is 14.9.